The second kappa shape index (κ2) is 5.01. The monoisotopic (exact) mass is 318 g/mol. The maximum atomic E-state index is 12.6. The van der Waals surface area contributed by atoms with Gasteiger partial charge in [-0.3, -0.25) is 0 Å². The third-order valence-electron chi connectivity index (χ3n) is 3.29. The molecule has 20 heavy (non-hydrogen) atoms. The number of hydrogen-bond donors (Lipinski definition) is 1. The molecular weight excluding hydrogens is 300 g/mol. The number of nitrogen functional groups attached to an aromatic ring is 1. The van der Waals surface area contributed by atoms with Crippen molar-refractivity contribution in [3.05, 3.63) is 23.8 Å². The molecule has 2 N–H and O–H groups in total. The number of nitrogens with two attached hydrogens (primary N) is 1. The maximum Gasteiger partial charge on any atom is 0.243 e. The summed E-state index contributed by atoms with van der Waals surface area (Å²) in [6, 6.07) is 4.06. The van der Waals surface area contributed by atoms with Crippen LogP contribution in [-0.4, -0.2) is 45.2 Å². The second-order valence-electron chi connectivity index (χ2n) is 5.16. The van der Waals surface area contributed by atoms with Gasteiger partial charge in [0.05, 0.1) is 16.4 Å². The van der Waals surface area contributed by atoms with Gasteiger partial charge in [0, 0.05) is 18.3 Å². The van der Waals surface area contributed by atoms with Crippen LogP contribution in [0.2, 0.25) is 0 Å². The average Bonchev–Trinajstić information content (AvgIpc) is 2.25. The molecule has 1 saturated heterocycles. The zero-order valence-electron chi connectivity index (χ0n) is 11.4. The van der Waals surface area contributed by atoms with Crippen molar-refractivity contribution in [3.8, 4) is 0 Å². The van der Waals surface area contributed by atoms with Gasteiger partial charge in [0.1, 0.15) is 0 Å². The Morgan fingerprint density at radius 3 is 2.50 bits per heavy atom. The van der Waals surface area contributed by atoms with Crippen molar-refractivity contribution < 1.29 is 16.8 Å². The zero-order valence-corrected chi connectivity index (χ0v) is 13.0. The van der Waals surface area contributed by atoms with Gasteiger partial charge in [0.25, 0.3) is 0 Å². The fourth-order valence-electron chi connectivity index (χ4n) is 2.40. The molecule has 8 heteroatoms. The van der Waals surface area contributed by atoms with Gasteiger partial charge >= 0.3 is 0 Å². The van der Waals surface area contributed by atoms with Crippen molar-refractivity contribution >= 4 is 25.5 Å². The van der Waals surface area contributed by atoms with Gasteiger partial charge in [-0.05, 0) is 37.6 Å². The first-order valence-electron chi connectivity index (χ1n) is 6.21. The Morgan fingerprint density at radius 1 is 1.30 bits per heavy atom. The fourth-order valence-corrected chi connectivity index (χ4v) is 5.94. The van der Waals surface area contributed by atoms with Crippen LogP contribution in [0.3, 0.4) is 0 Å². The van der Waals surface area contributed by atoms with Crippen LogP contribution < -0.4 is 5.73 Å². The summed E-state index contributed by atoms with van der Waals surface area (Å²) in [5, 5.41) is 0. The Kier molecular flexibility index (Phi) is 3.83. The average molecular weight is 318 g/mol. The Balaban J connectivity index is 2.40. The molecule has 0 radical (unpaired) electrons. The molecule has 1 aliphatic rings. The molecule has 112 valence electrons. The number of anilines is 1. The Morgan fingerprint density at radius 2 is 1.95 bits per heavy atom. The molecule has 1 atom stereocenters. The summed E-state index contributed by atoms with van der Waals surface area (Å²) in [6.45, 7) is 3.35. The largest absolute Gasteiger partial charge is 0.399 e. The van der Waals surface area contributed by atoms with Crippen molar-refractivity contribution in [1.82, 2.24) is 4.31 Å². The van der Waals surface area contributed by atoms with E-state index in [2.05, 4.69) is 0 Å². The van der Waals surface area contributed by atoms with E-state index in [0.717, 1.165) is 5.56 Å². The quantitative estimate of drug-likeness (QED) is 0.795. The molecule has 1 aromatic rings. The lowest BCUT2D eigenvalue weighted by molar-refractivity contribution is 0.357. The number of sulfone groups is 1. The molecule has 0 spiro atoms. The van der Waals surface area contributed by atoms with Crippen LogP contribution in [0, 0.1) is 6.92 Å². The Bertz CT molecular complexity index is 706. The van der Waals surface area contributed by atoms with Crippen molar-refractivity contribution in [3.63, 3.8) is 0 Å². The summed E-state index contributed by atoms with van der Waals surface area (Å²) in [4.78, 5) is 0.112. The van der Waals surface area contributed by atoms with Crippen molar-refractivity contribution in [1.29, 1.82) is 0 Å². The summed E-state index contributed by atoms with van der Waals surface area (Å²) < 4.78 is 49.5. The third kappa shape index (κ3) is 2.97. The van der Waals surface area contributed by atoms with Gasteiger partial charge in [0.15, 0.2) is 9.84 Å². The molecule has 0 bridgehead atoms. The molecule has 1 aromatic carbocycles. The lowest BCUT2D eigenvalue weighted by Gasteiger charge is -2.32. The number of sulfonamides is 1. The smallest absolute Gasteiger partial charge is 0.243 e. The molecule has 2 rings (SSSR count). The normalized spacial score (nSPS) is 23.6. The summed E-state index contributed by atoms with van der Waals surface area (Å²) in [5.41, 5.74) is 6.81. The van der Waals surface area contributed by atoms with Gasteiger partial charge in [-0.25, -0.2) is 16.8 Å². The minimum absolute atomic E-state index is 0.0142. The van der Waals surface area contributed by atoms with Gasteiger partial charge in [-0.2, -0.15) is 4.31 Å². The first-order valence-corrected chi connectivity index (χ1v) is 9.47. The van der Waals surface area contributed by atoms with E-state index < -0.39 is 25.9 Å². The Labute approximate surface area is 119 Å². The van der Waals surface area contributed by atoms with Crippen LogP contribution in [0.25, 0.3) is 0 Å². The number of benzene rings is 1. The standard InChI is InChI=1S/C12H18N2O4S2/c1-9-5-11(13)7-12(6-9)20(17,18)14-3-4-19(15,16)8-10(14)2/h5-7,10H,3-4,8,13H2,1-2H3. The minimum atomic E-state index is -3.72. The number of hydrogen-bond acceptors (Lipinski definition) is 5. The lowest BCUT2D eigenvalue weighted by Crippen LogP contribution is -2.49. The first kappa shape index (κ1) is 15.3. The predicted molar refractivity (Wildman–Crippen MR) is 77.6 cm³/mol. The molecule has 0 aliphatic carbocycles. The van der Waals surface area contributed by atoms with Gasteiger partial charge in [-0.15, -0.1) is 0 Å². The van der Waals surface area contributed by atoms with Crippen molar-refractivity contribution in [2.45, 2.75) is 24.8 Å². The van der Waals surface area contributed by atoms with Crippen LogP contribution in [0.1, 0.15) is 12.5 Å². The Hall–Kier alpha value is -1.12. The van der Waals surface area contributed by atoms with Crippen LogP contribution in [0.5, 0.6) is 0 Å². The first-order chi connectivity index (χ1) is 9.12. The topological polar surface area (TPSA) is 97.5 Å². The molecule has 0 aromatic heterocycles. The summed E-state index contributed by atoms with van der Waals surface area (Å²) in [7, 11) is -6.87. The van der Waals surface area contributed by atoms with E-state index in [1.165, 1.54) is 10.4 Å². The molecule has 1 heterocycles. The molecule has 1 fully saturated rings. The summed E-state index contributed by atoms with van der Waals surface area (Å²) in [6.07, 6.45) is 0. The molecule has 0 amide bonds. The van der Waals surface area contributed by atoms with Crippen molar-refractivity contribution in [2.75, 3.05) is 23.8 Å². The minimum Gasteiger partial charge on any atom is -0.399 e. The van der Waals surface area contributed by atoms with Gasteiger partial charge < -0.3 is 5.73 Å². The van der Waals surface area contributed by atoms with E-state index in [4.69, 9.17) is 5.73 Å². The highest BCUT2D eigenvalue weighted by molar-refractivity contribution is 7.92. The number of aryl methyl sites for hydroxylation is 1. The summed E-state index contributed by atoms with van der Waals surface area (Å²) >= 11 is 0. The number of rotatable bonds is 2. The lowest BCUT2D eigenvalue weighted by atomic mass is 10.2. The van der Waals surface area contributed by atoms with E-state index in [1.807, 2.05) is 0 Å². The summed E-state index contributed by atoms with van der Waals surface area (Å²) in [5.74, 6) is -0.286. The van der Waals surface area contributed by atoms with Crippen molar-refractivity contribution in [2.24, 2.45) is 0 Å². The molecular formula is C12H18N2O4S2. The molecule has 1 unspecified atom stereocenters. The van der Waals surface area contributed by atoms with E-state index in [0.29, 0.717) is 5.69 Å². The van der Waals surface area contributed by atoms with Crippen LogP contribution in [-0.2, 0) is 19.9 Å². The van der Waals surface area contributed by atoms with Crippen LogP contribution in [0.15, 0.2) is 23.1 Å². The van der Waals surface area contributed by atoms with E-state index in [1.54, 1.807) is 26.0 Å². The van der Waals surface area contributed by atoms with Crippen LogP contribution >= 0.6 is 0 Å². The van der Waals surface area contributed by atoms with E-state index >= 15 is 0 Å². The molecule has 6 nitrogen and oxygen atoms in total. The van der Waals surface area contributed by atoms with E-state index in [9.17, 15) is 16.8 Å². The molecule has 1 aliphatic heterocycles. The van der Waals surface area contributed by atoms with Gasteiger partial charge in [0.2, 0.25) is 10.0 Å². The second-order valence-corrected chi connectivity index (χ2v) is 9.28. The van der Waals surface area contributed by atoms with Crippen LogP contribution in [0.4, 0.5) is 5.69 Å². The predicted octanol–water partition coefficient (Wildman–Crippen LogP) is 0.385. The zero-order chi connectivity index (χ0) is 15.1. The maximum absolute atomic E-state index is 12.6. The third-order valence-corrected chi connectivity index (χ3v) is 7.08. The van der Waals surface area contributed by atoms with E-state index in [-0.39, 0.29) is 22.9 Å². The van der Waals surface area contributed by atoms with Gasteiger partial charge in [-0.1, -0.05) is 0 Å². The molecule has 0 saturated carbocycles. The number of nitrogens with zero attached hydrogens (tertiary/aromatic N) is 1. The highest BCUT2D eigenvalue weighted by atomic mass is 32.2. The fraction of sp³-hybridized carbons (Fsp3) is 0.500. The SMILES string of the molecule is Cc1cc(N)cc(S(=O)(=O)N2CCS(=O)(=O)CC2C)c1. The highest BCUT2D eigenvalue weighted by Gasteiger charge is 2.36. The highest BCUT2D eigenvalue weighted by Crippen LogP contribution is 2.24.